The van der Waals surface area contributed by atoms with Gasteiger partial charge < -0.3 is 43.2 Å². The number of para-hydroxylation sites is 2. The lowest BCUT2D eigenvalue weighted by atomic mass is 10.0. The number of guanidine groups is 1. The Morgan fingerprint density at radius 1 is 0.865 bits per heavy atom. The van der Waals surface area contributed by atoms with E-state index in [4.69, 9.17) is 17.2 Å². The Bertz CT molecular complexity index is 2030. The highest BCUT2D eigenvalue weighted by Crippen LogP contribution is 2.24. The van der Waals surface area contributed by atoms with E-state index in [2.05, 4.69) is 43.5 Å². The van der Waals surface area contributed by atoms with Crippen LogP contribution in [0.2, 0.25) is 0 Å². The molecule has 2 aromatic heterocycles. The molecule has 0 saturated heterocycles. The predicted molar refractivity (Wildman–Crippen MR) is 205 cm³/mol. The Kier molecular flexibility index (Phi) is 12.8. The maximum atomic E-state index is 14.0. The maximum Gasteiger partial charge on any atom is 0.244 e. The quantitative estimate of drug-likeness (QED) is 0.0222. The number of hydrogen-bond acceptors (Lipinski definition) is 10. The number of nitrogens with zero attached hydrogens (tertiary/aromatic N) is 2. The van der Waals surface area contributed by atoms with Crippen LogP contribution in [0.5, 0.6) is 5.75 Å². The minimum absolute atomic E-state index is 0.00121. The molecule has 3 aromatic carbocycles. The summed E-state index contributed by atoms with van der Waals surface area (Å²) in [5, 5.41) is 19.2. The second-order valence-corrected chi connectivity index (χ2v) is 13.6. The van der Waals surface area contributed by atoms with Gasteiger partial charge in [-0.1, -0.05) is 42.5 Å². The molecular formula is C36H41N9O5S2. The van der Waals surface area contributed by atoms with Crippen LogP contribution in [0.3, 0.4) is 0 Å². The van der Waals surface area contributed by atoms with Crippen molar-refractivity contribution >= 4 is 74.5 Å². The number of phenols is 1. The molecule has 5 aromatic rings. The first-order valence-corrected chi connectivity index (χ1v) is 18.0. The topological polar surface area (TPSA) is 244 Å². The zero-order chi connectivity index (χ0) is 37.2. The van der Waals surface area contributed by atoms with Crippen LogP contribution in [0.15, 0.2) is 84.0 Å². The van der Waals surface area contributed by atoms with E-state index in [-0.39, 0.29) is 48.3 Å². The molecule has 0 aliphatic carbocycles. The van der Waals surface area contributed by atoms with Crippen molar-refractivity contribution in [3.05, 3.63) is 95.1 Å². The first kappa shape index (κ1) is 37.8. The first-order chi connectivity index (χ1) is 25.0. The van der Waals surface area contributed by atoms with E-state index in [1.807, 2.05) is 42.5 Å². The summed E-state index contributed by atoms with van der Waals surface area (Å²) in [6.45, 7) is 0.223. The van der Waals surface area contributed by atoms with Gasteiger partial charge in [-0.2, -0.15) is 12.6 Å². The van der Waals surface area contributed by atoms with Gasteiger partial charge in [-0.15, -0.1) is 11.3 Å². The molecule has 3 amide bonds. The molecule has 4 atom stereocenters. The lowest BCUT2D eigenvalue weighted by molar-refractivity contribution is -0.132. The van der Waals surface area contributed by atoms with E-state index in [1.165, 1.54) is 23.5 Å². The number of aromatic hydroxyl groups is 1. The molecule has 0 fully saturated rings. The van der Waals surface area contributed by atoms with E-state index in [1.54, 1.807) is 24.4 Å². The number of Topliss-reactive ketones (excluding diaryl/α,β-unsaturated/α-hetero) is 1. The van der Waals surface area contributed by atoms with Crippen LogP contribution >= 0.6 is 24.0 Å². The zero-order valence-electron chi connectivity index (χ0n) is 28.1. The number of hydrogen-bond donors (Lipinski definition) is 9. The van der Waals surface area contributed by atoms with Crippen molar-refractivity contribution in [1.29, 1.82) is 0 Å². The fourth-order valence-corrected chi connectivity index (χ4v) is 6.84. The maximum absolute atomic E-state index is 14.0. The molecule has 5 rings (SSSR count). The number of aromatic nitrogens is 2. The molecule has 52 heavy (non-hydrogen) atoms. The number of H-pyrrole nitrogens is 1. The van der Waals surface area contributed by atoms with E-state index >= 15 is 0 Å². The molecule has 0 radical (unpaired) electrons. The fraction of sp³-hybridized carbons (Fsp3) is 0.278. The summed E-state index contributed by atoms with van der Waals surface area (Å²) >= 11 is 5.51. The van der Waals surface area contributed by atoms with Crippen LogP contribution in [0.25, 0.3) is 21.1 Å². The lowest BCUT2D eigenvalue weighted by Gasteiger charge is -2.25. The van der Waals surface area contributed by atoms with Crippen molar-refractivity contribution < 1.29 is 24.3 Å². The van der Waals surface area contributed by atoms with Gasteiger partial charge in [0.25, 0.3) is 0 Å². The summed E-state index contributed by atoms with van der Waals surface area (Å²) in [6.07, 6.45) is 2.56. The number of rotatable bonds is 17. The van der Waals surface area contributed by atoms with Crippen molar-refractivity contribution in [2.45, 2.75) is 49.9 Å². The third-order valence-corrected chi connectivity index (χ3v) is 9.78. The zero-order valence-corrected chi connectivity index (χ0v) is 29.8. The summed E-state index contributed by atoms with van der Waals surface area (Å²) in [5.74, 6) is -2.46. The minimum atomic E-state index is -1.19. The van der Waals surface area contributed by atoms with Crippen molar-refractivity contribution in [2.24, 2.45) is 22.2 Å². The van der Waals surface area contributed by atoms with Crippen LogP contribution in [0.4, 0.5) is 0 Å². The molecule has 0 aliphatic rings. The molecule has 0 unspecified atom stereocenters. The average molecular weight is 744 g/mol. The van der Waals surface area contributed by atoms with Gasteiger partial charge in [0.15, 0.2) is 11.0 Å². The monoisotopic (exact) mass is 743 g/mol. The predicted octanol–water partition coefficient (Wildman–Crippen LogP) is 1.92. The summed E-state index contributed by atoms with van der Waals surface area (Å²) in [4.78, 5) is 66.2. The van der Waals surface area contributed by atoms with Gasteiger partial charge in [0, 0.05) is 35.8 Å². The smallest absolute Gasteiger partial charge is 0.244 e. The Balaban J connectivity index is 1.32. The molecule has 0 spiro atoms. The number of phenolic OH excluding ortho intramolecular Hbond substituents is 1. The van der Waals surface area contributed by atoms with Gasteiger partial charge in [-0.3, -0.25) is 24.2 Å². The second-order valence-electron chi connectivity index (χ2n) is 12.2. The van der Waals surface area contributed by atoms with Crippen LogP contribution in [-0.4, -0.2) is 81.0 Å². The molecular weight excluding hydrogens is 703 g/mol. The normalized spacial score (nSPS) is 13.5. The number of carbonyl (C=O) groups is 4. The van der Waals surface area contributed by atoms with Crippen molar-refractivity contribution in [2.75, 3.05) is 12.3 Å². The fourth-order valence-electron chi connectivity index (χ4n) is 5.62. The van der Waals surface area contributed by atoms with Crippen LogP contribution in [-0.2, 0) is 27.2 Å². The van der Waals surface area contributed by atoms with Crippen molar-refractivity contribution in [1.82, 2.24) is 25.9 Å². The van der Waals surface area contributed by atoms with Gasteiger partial charge in [-0.25, -0.2) is 4.98 Å². The summed E-state index contributed by atoms with van der Waals surface area (Å²) in [7, 11) is 0. The van der Waals surface area contributed by atoms with Gasteiger partial charge >= 0.3 is 0 Å². The number of ketones is 1. The number of thiol groups is 1. The van der Waals surface area contributed by atoms with E-state index in [0.29, 0.717) is 17.5 Å². The Labute approximate surface area is 309 Å². The number of fused-ring (bicyclic) bond motifs is 2. The molecule has 14 nitrogen and oxygen atoms in total. The largest absolute Gasteiger partial charge is 0.508 e. The third kappa shape index (κ3) is 9.86. The number of aromatic amines is 1. The summed E-state index contributed by atoms with van der Waals surface area (Å²) in [5.41, 5.74) is 20.2. The van der Waals surface area contributed by atoms with Gasteiger partial charge in [0.05, 0.1) is 22.3 Å². The molecule has 0 bridgehead atoms. The van der Waals surface area contributed by atoms with Crippen molar-refractivity contribution in [3.63, 3.8) is 0 Å². The van der Waals surface area contributed by atoms with E-state index in [9.17, 15) is 24.3 Å². The average Bonchev–Trinajstić information content (AvgIpc) is 3.76. The number of thiazole rings is 1. The van der Waals surface area contributed by atoms with Crippen LogP contribution in [0, 0.1) is 0 Å². The number of aliphatic imine (C=N–C) groups is 1. The number of nitrogens with one attached hydrogen (secondary N) is 4. The number of nitrogens with two attached hydrogens (primary N) is 3. The Hall–Kier alpha value is -5.45. The standard InChI is InChI=1S/C36H41N9O5S2/c37-24(17-21-18-41-25-7-2-1-6-23(21)25)32(48)44-29(19-51)34(50)43-28(16-20-11-13-22(46)14-12-20)33(49)42-27(9-5-15-40-36(38)39)31(47)35-45-26-8-3-4-10-30(26)52-35/h1-4,6-8,10-14,18,24,27-29,41,46,51H,5,9,15-17,19,37H2,(H,42,49)(H,43,50)(H,44,48)(H4,38,39,40)/t24-,27-,28-,29-/m0/s1. The highest BCUT2D eigenvalue weighted by molar-refractivity contribution is 7.80. The van der Waals surface area contributed by atoms with Gasteiger partial charge in [-0.05, 0) is 60.7 Å². The van der Waals surface area contributed by atoms with Crippen LogP contribution < -0.4 is 33.2 Å². The second kappa shape index (κ2) is 17.7. The number of amides is 3. The van der Waals surface area contributed by atoms with Crippen LogP contribution in [0.1, 0.15) is 33.8 Å². The Morgan fingerprint density at radius 3 is 2.27 bits per heavy atom. The molecule has 0 aliphatic heterocycles. The molecule has 16 heteroatoms. The van der Waals surface area contributed by atoms with E-state index in [0.717, 1.165) is 21.2 Å². The molecule has 0 saturated carbocycles. The molecule has 11 N–H and O–H groups in total. The molecule has 2 heterocycles. The SMILES string of the molecule is NC(N)=NCCC[C@H](NC(=O)[C@H](Cc1ccc(O)cc1)NC(=O)[C@H](CS)NC(=O)[C@@H](N)Cc1c[nH]c2ccccc12)C(=O)c1nc2ccccc2s1. The summed E-state index contributed by atoms with van der Waals surface area (Å²) < 4.78 is 0.815. The van der Waals surface area contributed by atoms with Gasteiger partial charge in [0.1, 0.15) is 17.8 Å². The highest BCUT2D eigenvalue weighted by Gasteiger charge is 2.31. The van der Waals surface area contributed by atoms with E-state index < -0.39 is 47.7 Å². The molecule has 272 valence electrons. The highest BCUT2D eigenvalue weighted by atomic mass is 32.1. The Morgan fingerprint density at radius 2 is 1.54 bits per heavy atom. The number of carbonyl (C=O) groups excluding carboxylic acids is 4. The minimum Gasteiger partial charge on any atom is -0.508 e. The lowest BCUT2D eigenvalue weighted by Crippen LogP contribution is -2.58. The third-order valence-electron chi connectivity index (χ3n) is 8.36. The first-order valence-electron chi connectivity index (χ1n) is 16.6. The summed E-state index contributed by atoms with van der Waals surface area (Å²) in [6, 6.07) is 16.8. The van der Waals surface area contributed by atoms with Gasteiger partial charge in [0.2, 0.25) is 23.5 Å². The van der Waals surface area contributed by atoms with Crippen molar-refractivity contribution in [3.8, 4) is 5.75 Å². The number of benzene rings is 3.